The van der Waals surface area contributed by atoms with E-state index < -0.39 is 0 Å². The Morgan fingerprint density at radius 1 is 1.20 bits per heavy atom. The van der Waals surface area contributed by atoms with Crippen LogP contribution in [0.25, 0.3) is 10.2 Å². The number of thiophene rings is 1. The van der Waals surface area contributed by atoms with E-state index in [2.05, 4.69) is 59.7 Å². The van der Waals surface area contributed by atoms with Crippen molar-refractivity contribution in [3.63, 3.8) is 0 Å². The molecule has 5 heteroatoms. The minimum atomic E-state index is 0.0746. The summed E-state index contributed by atoms with van der Waals surface area (Å²) in [6, 6.07) is 2.09. The zero-order valence-corrected chi connectivity index (χ0v) is 13.6. The van der Waals surface area contributed by atoms with Crippen LogP contribution in [-0.2, 0) is 0 Å². The quantitative estimate of drug-likeness (QED) is 0.788. The highest BCUT2D eigenvalue weighted by molar-refractivity contribution is 7.16. The molecule has 0 saturated heterocycles. The molecule has 0 bridgehead atoms. The lowest BCUT2D eigenvalue weighted by Crippen LogP contribution is -2.33. The fourth-order valence-corrected chi connectivity index (χ4v) is 2.74. The van der Waals surface area contributed by atoms with Gasteiger partial charge in [-0.05, 0) is 37.6 Å². The monoisotopic (exact) mass is 292 g/mol. The van der Waals surface area contributed by atoms with Crippen LogP contribution in [0.5, 0.6) is 0 Å². The summed E-state index contributed by atoms with van der Waals surface area (Å²) in [5.41, 5.74) is 0.0746. The van der Waals surface area contributed by atoms with Crippen molar-refractivity contribution < 1.29 is 0 Å². The SMILES string of the molecule is CCCNc1nc(NC(C)(CC)CC)c2ccsc2n1. The maximum atomic E-state index is 4.66. The lowest BCUT2D eigenvalue weighted by Gasteiger charge is -2.29. The first-order valence-electron chi connectivity index (χ1n) is 7.39. The summed E-state index contributed by atoms with van der Waals surface area (Å²) in [7, 11) is 0. The van der Waals surface area contributed by atoms with Crippen molar-refractivity contribution in [3.8, 4) is 0 Å². The van der Waals surface area contributed by atoms with Crippen LogP contribution in [0.1, 0.15) is 47.0 Å². The first-order chi connectivity index (χ1) is 9.61. The highest BCUT2D eigenvalue weighted by atomic mass is 32.1. The van der Waals surface area contributed by atoms with Crippen molar-refractivity contribution in [2.45, 2.75) is 52.5 Å². The standard InChI is InChI=1S/C15H24N4S/c1-5-9-16-14-17-12(19-15(4,6-2)7-3)11-8-10-20-13(11)18-14/h8,10H,5-7,9H2,1-4H3,(H2,16,17,18,19). The van der Waals surface area contributed by atoms with Gasteiger partial charge in [0.25, 0.3) is 0 Å². The second-order valence-corrected chi connectivity index (χ2v) is 6.25. The lowest BCUT2D eigenvalue weighted by molar-refractivity contribution is 0.477. The van der Waals surface area contributed by atoms with Crippen molar-refractivity contribution in [2.24, 2.45) is 0 Å². The predicted molar refractivity (Wildman–Crippen MR) is 88.8 cm³/mol. The van der Waals surface area contributed by atoms with Crippen molar-refractivity contribution in [1.82, 2.24) is 9.97 Å². The van der Waals surface area contributed by atoms with Crippen LogP contribution in [0, 0.1) is 0 Å². The Morgan fingerprint density at radius 3 is 2.60 bits per heavy atom. The molecule has 0 aliphatic carbocycles. The van der Waals surface area contributed by atoms with Gasteiger partial charge < -0.3 is 10.6 Å². The number of rotatable bonds is 7. The van der Waals surface area contributed by atoms with Crippen LogP contribution in [-0.4, -0.2) is 22.1 Å². The van der Waals surface area contributed by atoms with Gasteiger partial charge in [0.05, 0.1) is 5.39 Å². The van der Waals surface area contributed by atoms with Crippen LogP contribution >= 0.6 is 11.3 Å². The van der Waals surface area contributed by atoms with Crippen molar-refractivity contribution in [3.05, 3.63) is 11.4 Å². The molecular formula is C15H24N4S. The van der Waals surface area contributed by atoms with Crippen LogP contribution < -0.4 is 10.6 Å². The molecule has 0 spiro atoms. The van der Waals surface area contributed by atoms with Gasteiger partial charge in [-0.1, -0.05) is 20.8 Å². The Bertz CT molecular complexity index is 560. The highest BCUT2D eigenvalue weighted by Gasteiger charge is 2.21. The van der Waals surface area contributed by atoms with Gasteiger partial charge in [0, 0.05) is 12.1 Å². The van der Waals surface area contributed by atoms with Gasteiger partial charge in [-0.3, -0.25) is 0 Å². The van der Waals surface area contributed by atoms with Crippen molar-refractivity contribution in [1.29, 1.82) is 0 Å². The van der Waals surface area contributed by atoms with Gasteiger partial charge in [0.15, 0.2) is 0 Å². The number of fused-ring (bicyclic) bond motifs is 1. The van der Waals surface area contributed by atoms with Crippen molar-refractivity contribution in [2.75, 3.05) is 17.2 Å². The van der Waals surface area contributed by atoms with E-state index in [1.54, 1.807) is 11.3 Å². The van der Waals surface area contributed by atoms with E-state index in [0.29, 0.717) is 0 Å². The van der Waals surface area contributed by atoms with Gasteiger partial charge in [-0.25, -0.2) is 4.98 Å². The number of anilines is 2. The zero-order chi connectivity index (χ0) is 14.6. The van der Waals surface area contributed by atoms with Gasteiger partial charge in [-0.15, -0.1) is 11.3 Å². The third kappa shape index (κ3) is 3.20. The molecule has 0 aromatic carbocycles. The molecule has 0 fully saturated rings. The molecule has 0 atom stereocenters. The first-order valence-corrected chi connectivity index (χ1v) is 8.27. The molecule has 2 aromatic rings. The van der Waals surface area contributed by atoms with Gasteiger partial charge >= 0.3 is 0 Å². The molecule has 0 unspecified atom stereocenters. The van der Waals surface area contributed by atoms with Gasteiger partial charge in [-0.2, -0.15) is 4.98 Å². The van der Waals surface area contributed by atoms with E-state index in [1.165, 1.54) is 0 Å². The average molecular weight is 292 g/mol. The molecule has 110 valence electrons. The van der Waals surface area contributed by atoms with Crippen molar-refractivity contribution >= 4 is 33.3 Å². The largest absolute Gasteiger partial charge is 0.364 e. The zero-order valence-electron chi connectivity index (χ0n) is 12.8. The average Bonchev–Trinajstić information content (AvgIpc) is 2.93. The molecule has 0 aliphatic rings. The van der Waals surface area contributed by atoms with E-state index in [1.807, 2.05) is 0 Å². The molecule has 0 saturated carbocycles. The van der Waals surface area contributed by atoms with Crippen LogP contribution in [0.3, 0.4) is 0 Å². The van der Waals surface area contributed by atoms with E-state index in [-0.39, 0.29) is 5.54 Å². The number of hydrogen-bond acceptors (Lipinski definition) is 5. The maximum Gasteiger partial charge on any atom is 0.226 e. The third-order valence-electron chi connectivity index (χ3n) is 3.84. The normalized spacial score (nSPS) is 11.8. The summed E-state index contributed by atoms with van der Waals surface area (Å²) in [4.78, 5) is 10.3. The number of aromatic nitrogens is 2. The molecular weight excluding hydrogens is 268 g/mol. The third-order valence-corrected chi connectivity index (χ3v) is 4.65. The molecule has 2 heterocycles. The Morgan fingerprint density at radius 2 is 1.95 bits per heavy atom. The molecule has 2 aromatic heterocycles. The highest BCUT2D eigenvalue weighted by Crippen LogP contribution is 2.30. The second-order valence-electron chi connectivity index (χ2n) is 5.35. The molecule has 2 N–H and O–H groups in total. The van der Waals surface area contributed by atoms with E-state index in [0.717, 1.165) is 47.8 Å². The summed E-state index contributed by atoms with van der Waals surface area (Å²) in [6.45, 7) is 9.69. The minimum absolute atomic E-state index is 0.0746. The fourth-order valence-electron chi connectivity index (χ4n) is 1.98. The molecule has 0 amide bonds. The summed E-state index contributed by atoms with van der Waals surface area (Å²) < 4.78 is 0. The van der Waals surface area contributed by atoms with E-state index in [4.69, 9.17) is 0 Å². The Kier molecular flexibility index (Phi) is 4.81. The summed E-state index contributed by atoms with van der Waals surface area (Å²) in [5, 5.41) is 10.1. The Balaban J connectivity index is 2.36. The number of nitrogens with one attached hydrogen (secondary N) is 2. The Hall–Kier alpha value is -1.36. The summed E-state index contributed by atoms with van der Waals surface area (Å²) in [6.07, 6.45) is 3.20. The maximum absolute atomic E-state index is 4.66. The minimum Gasteiger partial charge on any atom is -0.364 e. The van der Waals surface area contributed by atoms with E-state index in [9.17, 15) is 0 Å². The topological polar surface area (TPSA) is 49.8 Å². The number of hydrogen-bond donors (Lipinski definition) is 2. The van der Waals surface area contributed by atoms with Crippen LogP contribution in [0.4, 0.5) is 11.8 Å². The lowest BCUT2D eigenvalue weighted by atomic mass is 9.95. The first kappa shape index (κ1) is 15.0. The molecule has 2 rings (SSSR count). The second kappa shape index (κ2) is 6.39. The van der Waals surface area contributed by atoms with Crippen LogP contribution in [0.2, 0.25) is 0 Å². The van der Waals surface area contributed by atoms with Crippen LogP contribution in [0.15, 0.2) is 11.4 Å². The smallest absolute Gasteiger partial charge is 0.226 e. The number of nitrogens with zero attached hydrogens (tertiary/aromatic N) is 2. The van der Waals surface area contributed by atoms with E-state index >= 15 is 0 Å². The van der Waals surface area contributed by atoms with Gasteiger partial charge in [0.2, 0.25) is 5.95 Å². The molecule has 0 radical (unpaired) electrons. The van der Waals surface area contributed by atoms with Gasteiger partial charge in [0.1, 0.15) is 10.6 Å². The molecule has 20 heavy (non-hydrogen) atoms. The molecule has 4 nitrogen and oxygen atoms in total. The fraction of sp³-hybridized carbons (Fsp3) is 0.600. The summed E-state index contributed by atoms with van der Waals surface area (Å²) in [5.74, 6) is 1.67. The predicted octanol–water partition coefficient (Wildman–Crippen LogP) is 4.50. The Labute approximate surface area is 125 Å². The molecule has 0 aliphatic heterocycles. The summed E-state index contributed by atoms with van der Waals surface area (Å²) >= 11 is 1.66.